The van der Waals surface area contributed by atoms with E-state index in [-0.39, 0.29) is 28.8 Å². The van der Waals surface area contributed by atoms with Gasteiger partial charge < -0.3 is 20.4 Å². The van der Waals surface area contributed by atoms with Gasteiger partial charge in [0, 0.05) is 31.5 Å². The van der Waals surface area contributed by atoms with Crippen molar-refractivity contribution < 1.29 is 17.6 Å². The van der Waals surface area contributed by atoms with Crippen LogP contribution in [0.15, 0.2) is 28.6 Å². The minimum Gasteiger partial charge on any atom is -0.380 e. The minimum absolute atomic E-state index is 0.0117. The first kappa shape index (κ1) is 25.3. The monoisotopic (exact) mass is 511 g/mol. The van der Waals surface area contributed by atoms with E-state index in [1.165, 1.54) is 23.9 Å². The molecule has 8 nitrogen and oxygen atoms in total. The Kier molecular flexibility index (Phi) is 7.75. The first-order chi connectivity index (χ1) is 16.2. The zero-order chi connectivity index (χ0) is 24.5. The number of hydrogen-bond acceptors (Lipinski definition) is 7. The quantitative estimate of drug-likeness (QED) is 0.518. The number of nitrogens with one attached hydrogen (secondary N) is 3. The van der Waals surface area contributed by atoms with Crippen LogP contribution in [-0.4, -0.2) is 68.9 Å². The largest absolute Gasteiger partial charge is 0.380 e. The van der Waals surface area contributed by atoms with E-state index in [2.05, 4.69) is 20.3 Å². The van der Waals surface area contributed by atoms with Crippen LogP contribution in [0.3, 0.4) is 0 Å². The Labute approximate surface area is 205 Å². The number of likely N-dealkylation sites (N-methyl/N-ethyl adjacent to an activating group) is 1. The summed E-state index contributed by atoms with van der Waals surface area (Å²) in [5, 5.41) is 8.02. The van der Waals surface area contributed by atoms with Gasteiger partial charge in [-0.1, -0.05) is 24.6 Å². The number of aryl methyl sites for hydroxylation is 1. The molecule has 11 heteroatoms. The Morgan fingerprint density at radius 3 is 2.71 bits per heavy atom. The summed E-state index contributed by atoms with van der Waals surface area (Å²) >= 11 is 1.26. The highest BCUT2D eigenvalue weighted by molar-refractivity contribution is 8.03. The molecule has 34 heavy (non-hydrogen) atoms. The maximum atomic E-state index is 15.0. The predicted molar refractivity (Wildman–Crippen MR) is 133 cm³/mol. The molecule has 1 aromatic carbocycles. The number of sulfonamides is 1. The number of nitrogens with zero attached hydrogens (tertiary/aromatic N) is 2. The second-order valence-corrected chi connectivity index (χ2v) is 12.2. The van der Waals surface area contributed by atoms with E-state index in [1.54, 1.807) is 18.5 Å². The molecule has 4 rings (SSSR count). The SMILES string of the molecule is Cc1cc(S(=O)(=O)NC2NC=CS2)c(F)cc1NC1CCCC[C@@H]1N(C)C(=O)[C@H]1CCN(C)C1. The van der Waals surface area contributed by atoms with Gasteiger partial charge in [0.15, 0.2) is 0 Å². The molecule has 0 spiro atoms. The smallest absolute Gasteiger partial charge is 0.245 e. The summed E-state index contributed by atoms with van der Waals surface area (Å²) < 4.78 is 42.9. The van der Waals surface area contributed by atoms with Gasteiger partial charge in [0.1, 0.15) is 16.2 Å². The summed E-state index contributed by atoms with van der Waals surface area (Å²) in [6.45, 7) is 3.49. The van der Waals surface area contributed by atoms with Crippen LogP contribution in [0.2, 0.25) is 0 Å². The number of hydrogen-bond donors (Lipinski definition) is 3. The van der Waals surface area contributed by atoms with Crippen LogP contribution in [0.5, 0.6) is 0 Å². The molecule has 1 amide bonds. The van der Waals surface area contributed by atoms with Crippen molar-refractivity contribution in [1.82, 2.24) is 19.8 Å². The number of carbonyl (C=O) groups excluding carboxylic acids is 1. The van der Waals surface area contributed by atoms with Crippen molar-refractivity contribution in [3.63, 3.8) is 0 Å². The molecule has 0 bridgehead atoms. The lowest BCUT2D eigenvalue weighted by atomic mass is 9.88. The van der Waals surface area contributed by atoms with Gasteiger partial charge in [-0.25, -0.2) is 12.8 Å². The third-order valence-corrected chi connectivity index (χ3v) is 9.42. The van der Waals surface area contributed by atoms with Gasteiger partial charge in [-0.2, -0.15) is 4.72 Å². The van der Waals surface area contributed by atoms with Crippen LogP contribution >= 0.6 is 11.8 Å². The normalized spacial score (nSPS) is 27.5. The topological polar surface area (TPSA) is 93.8 Å². The van der Waals surface area contributed by atoms with Crippen LogP contribution in [-0.2, 0) is 14.8 Å². The average molecular weight is 512 g/mol. The Hall–Kier alpha value is -1.82. The highest BCUT2D eigenvalue weighted by Gasteiger charge is 2.36. The maximum Gasteiger partial charge on any atom is 0.245 e. The highest BCUT2D eigenvalue weighted by atomic mass is 32.2. The van der Waals surface area contributed by atoms with Gasteiger partial charge in [-0.3, -0.25) is 4.79 Å². The van der Waals surface area contributed by atoms with Gasteiger partial charge in [0.25, 0.3) is 0 Å². The summed E-state index contributed by atoms with van der Waals surface area (Å²) in [4.78, 5) is 16.8. The minimum atomic E-state index is -4.03. The summed E-state index contributed by atoms with van der Waals surface area (Å²) in [6, 6.07) is 2.62. The number of thioether (sulfide) groups is 1. The molecule has 0 aromatic heterocycles. The zero-order valence-electron chi connectivity index (χ0n) is 19.9. The predicted octanol–water partition coefficient (Wildman–Crippen LogP) is 2.64. The molecule has 3 aliphatic rings. The fraction of sp³-hybridized carbons (Fsp3) is 0.609. The standard InChI is InChI=1S/C23H34FN5O3S2/c1-15-12-21(34(31,32)27-23-25-9-11-33-23)17(24)13-19(15)26-18-6-4-5-7-20(18)29(3)22(30)16-8-10-28(2)14-16/h9,11-13,16,18,20,23,25-27H,4-8,10,14H2,1-3H3/t16-,18?,20-,23?/m0/s1. The van der Waals surface area contributed by atoms with E-state index in [0.29, 0.717) is 11.3 Å². The lowest BCUT2D eigenvalue weighted by Crippen LogP contribution is -2.51. The maximum absolute atomic E-state index is 15.0. The Morgan fingerprint density at radius 1 is 1.26 bits per heavy atom. The molecular formula is C23H34FN5O3S2. The summed E-state index contributed by atoms with van der Waals surface area (Å²) in [7, 11) is -0.113. The van der Waals surface area contributed by atoms with Crippen molar-refractivity contribution in [2.24, 2.45) is 5.92 Å². The van der Waals surface area contributed by atoms with Gasteiger partial charge in [-0.05, 0) is 62.9 Å². The van der Waals surface area contributed by atoms with Crippen molar-refractivity contribution in [3.05, 3.63) is 35.1 Å². The van der Waals surface area contributed by atoms with Gasteiger partial charge in [0.05, 0.1) is 12.0 Å². The molecule has 0 radical (unpaired) electrons. The summed E-state index contributed by atoms with van der Waals surface area (Å²) in [5.41, 5.74) is 0.644. The lowest BCUT2D eigenvalue weighted by Gasteiger charge is -2.40. The third kappa shape index (κ3) is 5.53. The molecule has 1 aromatic rings. The number of benzene rings is 1. The van der Waals surface area contributed by atoms with Crippen molar-refractivity contribution in [2.45, 2.75) is 61.5 Å². The number of likely N-dealkylation sites (tertiary alicyclic amines) is 1. The van der Waals surface area contributed by atoms with E-state index < -0.39 is 21.3 Å². The van der Waals surface area contributed by atoms with Crippen LogP contribution in [0.1, 0.15) is 37.7 Å². The summed E-state index contributed by atoms with van der Waals surface area (Å²) in [5.74, 6) is -0.606. The first-order valence-corrected chi connectivity index (χ1v) is 14.2. The Balaban J connectivity index is 1.49. The van der Waals surface area contributed by atoms with Gasteiger partial charge in [0.2, 0.25) is 15.9 Å². The van der Waals surface area contributed by atoms with Crippen LogP contribution in [0.4, 0.5) is 10.1 Å². The van der Waals surface area contributed by atoms with Gasteiger partial charge in [-0.15, -0.1) is 0 Å². The number of anilines is 1. The zero-order valence-corrected chi connectivity index (χ0v) is 21.5. The number of amides is 1. The number of carbonyl (C=O) groups is 1. The van der Waals surface area contributed by atoms with Crippen molar-refractivity contribution >= 4 is 33.4 Å². The molecule has 1 saturated heterocycles. The lowest BCUT2D eigenvalue weighted by molar-refractivity contribution is -0.136. The van der Waals surface area contributed by atoms with Crippen molar-refractivity contribution in [3.8, 4) is 0 Å². The Morgan fingerprint density at radius 2 is 2.03 bits per heavy atom. The van der Waals surface area contributed by atoms with Crippen molar-refractivity contribution in [1.29, 1.82) is 0 Å². The second-order valence-electron chi connectivity index (χ2n) is 9.50. The van der Waals surface area contributed by atoms with E-state index in [0.717, 1.165) is 45.2 Å². The average Bonchev–Trinajstić information content (AvgIpc) is 3.46. The molecule has 1 aliphatic carbocycles. The fourth-order valence-electron chi connectivity index (χ4n) is 5.10. The Bertz CT molecular complexity index is 1040. The van der Waals surface area contributed by atoms with Gasteiger partial charge >= 0.3 is 0 Å². The number of rotatable bonds is 7. The summed E-state index contributed by atoms with van der Waals surface area (Å²) in [6.07, 6.45) is 6.35. The molecular weight excluding hydrogens is 477 g/mol. The molecule has 1 saturated carbocycles. The number of halogens is 1. The molecule has 2 fully saturated rings. The molecule has 188 valence electrons. The molecule has 2 aliphatic heterocycles. The highest BCUT2D eigenvalue weighted by Crippen LogP contribution is 2.31. The third-order valence-electron chi connectivity index (χ3n) is 7.02. The van der Waals surface area contributed by atoms with E-state index >= 15 is 4.39 Å². The first-order valence-electron chi connectivity index (χ1n) is 11.8. The van der Waals surface area contributed by atoms with Crippen LogP contribution in [0.25, 0.3) is 0 Å². The van der Waals surface area contributed by atoms with Crippen molar-refractivity contribution in [2.75, 3.05) is 32.5 Å². The molecule has 3 N–H and O–H groups in total. The van der Waals surface area contributed by atoms with E-state index in [9.17, 15) is 13.2 Å². The second kappa shape index (κ2) is 10.4. The van der Waals surface area contributed by atoms with E-state index in [1.807, 2.05) is 19.0 Å². The molecule has 2 heterocycles. The van der Waals surface area contributed by atoms with Crippen LogP contribution < -0.4 is 15.4 Å². The van der Waals surface area contributed by atoms with E-state index in [4.69, 9.17) is 0 Å². The molecule has 2 unspecified atom stereocenters. The van der Waals surface area contributed by atoms with Crippen LogP contribution in [0, 0.1) is 18.7 Å². The fourth-order valence-corrected chi connectivity index (χ4v) is 7.30. The molecule has 4 atom stereocenters.